The van der Waals surface area contributed by atoms with Gasteiger partial charge in [-0.05, 0) is 65.3 Å². The summed E-state index contributed by atoms with van der Waals surface area (Å²) in [6.45, 7) is 2.77. The lowest BCUT2D eigenvalue weighted by atomic mass is 9.82. The molecule has 30 heavy (non-hydrogen) atoms. The zero-order valence-electron chi connectivity index (χ0n) is 16.9. The zero-order valence-corrected chi connectivity index (χ0v) is 18.5. The standard InChI is InChI=1S/C26H25Cl2NO/c1-17(18-6-11-21(27)12-7-18)25(20-8-13-22(28)14-9-20)16-29-26(30)24-15-10-19-4-2-3-5-23(19)24/h2-9,11-14,17,24-25H,10,15-16H2,1H3,(H,29,30). The van der Waals surface area contributed by atoms with E-state index in [-0.39, 0.29) is 23.7 Å². The Balaban J connectivity index is 1.53. The number of rotatable bonds is 6. The van der Waals surface area contributed by atoms with Gasteiger partial charge in [0.25, 0.3) is 0 Å². The van der Waals surface area contributed by atoms with Crippen LogP contribution >= 0.6 is 23.2 Å². The molecule has 0 fully saturated rings. The zero-order chi connectivity index (χ0) is 21.1. The van der Waals surface area contributed by atoms with Crippen molar-refractivity contribution in [2.45, 2.75) is 37.5 Å². The molecule has 3 aromatic carbocycles. The summed E-state index contributed by atoms with van der Waals surface area (Å²) in [5.74, 6) is 0.392. The number of carbonyl (C=O) groups excluding carboxylic acids is 1. The smallest absolute Gasteiger partial charge is 0.227 e. The Kier molecular flexibility index (Phi) is 6.46. The van der Waals surface area contributed by atoms with Crippen LogP contribution in [0.4, 0.5) is 0 Å². The molecule has 0 aromatic heterocycles. The van der Waals surface area contributed by atoms with Crippen LogP contribution in [0.15, 0.2) is 72.8 Å². The SMILES string of the molecule is CC(c1ccc(Cl)cc1)C(CNC(=O)C1CCc2ccccc21)c1ccc(Cl)cc1. The minimum atomic E-state index is -0.0575. The van der Waals surface area contributed by atoms with E-state index in [9.17, 15) is 4.79 Å². The van der Waals surface area contributed by atoms with Gasteiger partial charge in [-0.2, -0.15) is 0 Å². The average molecular weight is 438 g/mol. The number of hydrogen-bond acceptors (Lipinski definition) is 1. The monoisotopic (exact) mass is 437 g/mol. The third kappa shape index (κ3) is 4.55. The molecular formula is C26H25Cl2NO. The van der Waals surface area contributed by atoms with E-state index in [0.29, 0.717) is 11.6 Å². The summed E-state index contributed by atoms with van der Waals surface area (Å²) >= 11 is 12.2. The van der Waals surface area contributed by atoms with Crippen LogP contribution in [0.1, 0.15) is 53.4 Å². The van der Waals surface area contributed by atoms with Crippen molar-refractivity contribution >= 4 is 29.1 Å². The number of amides is 1. The third-order valence-corrected chi connectivity index (χ3v) is 6.75. The molecule has 0 saturated heterocycles. The maximum Gasteiger partial charge on any atom is 0.227 e. The molecule has 4 heteroatoms. The lowest BCUT2D eigenvalue weighted by molar-refractivity contribution is -0.122. The quantitative estimate of drug-likeness (QED) is 0.454. The first kappa shape index (κ1) is 21.0. The molecule has 0 heterocycles. The molecule has 4 rings (SSSR count). The van der Waals surface area contributed by atoms with E-state index in [2.05, 4.69) is 48.6 Å². The molecular weight excluding hydrogens is 413 g/mol. The van der Waals surface area contributed by atoms with E-state index >= 15 is 0 Å². The van der Waals surface area contributed by atoms with Crippen LogP contribution in [0, 0.1) is 0 Å². The second kappa shape index (κ2) is 9.24. The van der Waals surface area contributed by atoms with E-state index < -0.39 is 0 Å². The van der Waals surface area contributed by atoms with Gasteiger partial charge in [0.05, 0.1) is 5.92 Å². The highest BCUT2D eigenvalue weighted by atomic mass is 35.5. The molecule has 0 radical (unpaired) electrons. The number of benzene rings is 3. The van der Waals surface area contributed by atoms with Crippen molar-refractivity contribution in [2.24, 2.45) is 0 Å². The highest BCUT2D eigenvalue weighted by molar-refractivity contribution is 6.30. The van der Waals surface area contributed by atoms with Crippen molar-refractivity contribution in [3.05, 3.63) is 105 Å². The number of hydrogen-bond donors (Lipinski definition) is 1. The third-order valence-electron chi connectivity index (χ3n) is 6.24. The van der Waals surface area contributed by atoms with E-state index in [1.165, 1.54) is 16.7 Å². The van der Waals surface area contributed by atoms with Gasteiger partial charge in [0.15, 0.2) is 0 Å². The molecule has 3 atom stereocenters. The van der Waals surface area contributed by atoms with Crippen LogP contribution in [0.2, 0.25) is 10.0 Å². The Bertz CT molecular complexity index is 1010. The van der Waals surface area contributed by atoms with Crippen LogP contribution in [0.3, 0.4) is 0 Å². The van der Waals surface area contributed by atoms with Crippen molar-refractivity contribution in [3.63, 3.8) is 0 Å². The topological polar surface area (TPSA) is 29.1 Å². The average Bonchev–Trinajstić information content (AvgIpc) is 3.19. The fraction of sp³-hybridized carbons (Fsp3) is 0.269. The summed E-state index contributed by atoms with van der Waals surface area (Å²) < 4.78 is 0. The Morgan fingerprint density at radius 1 is 0.933 bits per heavy atom. The predicted molar refractivity (Wildman–Crippen MR) is 125 cm³/mol. The largest absolute Gasteiger partial charge is 0.355 e. The van der Waals surface area contributed by atoms with Crippen molar-refractivity contribution in [3.8, 4) is 0 Å². The van der Waals surface area contributed by atoms with Crippen molar-refractivity contribution < 1.29 is 4.79 Å². The van der Waals surface area contributed by atoms with Gasteiger partial charge >= 0.3 is 0 Å². The lowest BCUT2D eigenvalue weighted by Gasteiger charge is -2.26. The minimum absolute atomic E-state index is 0.0575. The number of carbonyl (C=O) groups is 1. The summed E-state index contributed by atoms with van der Waals surface area (Å²) in [6, 6.07) is 24.2. The van der Waals surface area contributed by atoms with Gasteiger partial charge in [-0.25, -0.2) is 0 Å². The number of aryl methyl sites for hydroxylation is 1. The van der Waals surface area contributed by atoms with E-state index in [0.717, 1.165) is 23.4 Å². The van der Waals surface area contributed by atoms with Crippen molar-refractivity contribution in [2.75, 3.05) is 6.54 Å². The summed E-state index contributed by atoms with van der Waals surface area (Å²) in [5.41, 5.74) is 4.82. The number of halogens is 2. The fourth-order valence-electron chi connectivity index (χ4n) is 4.46. The second-order valence-corrected chi connectivity index (χ2v) is 8.91. The van der Waals surface area contributed by atoms with Crippen LogP contribution in [0.25, 0.3) is 0 Å². The first-order chi connectivity index (χ1) is 14.5. The van der Waals surface area contributed by atoms with Crippen LogP contribution in [0.5, 0.6) is 0 Å². The van der Waals surface area contributed by atoms with Gasteiger partial charge in [-0.1, -0.05) is 78.7 Å². The number of fused-ring (bicyclic) bond motifs is 1. The first-order valence-corrected chi connectivity index (χ1v) is 11.1. The molecule has 1 N–H and O–H groups in total. The van der Waals surface area contributed by atoms with Crippen LogP contribution < -0.4 is 5.32 Å². The summed E-state index contributed by atoms with van der Waals surface area (Å²) in [6.07, 6.45) is 1.85. The Morgan fingerprint density at radius 3 is 2.20 bits per heavy atom. The maximum absolute atomic E-state index is 13.1. The molecule has 3 unspecified atom stereocenters. The molecule has 154 valence electrons. The van der Waals surface area contributed by atoms with Gasteiger partial charge in [-0.3, -0.25) is 4.79 Å². The molecule has 1 aliphatic rings. The molecule has 1 amide bonds. The van der Waals surface area contributed by atoms with E-state index in [4.69, 9.17) is 23.2 Å². The molecule has 2 nitrogen and oxygen atoms in total. The lowest BCUT2D eigenvalue weighted by Crippen LogP contribution is -2.33. The van der Waals surface area contributed by atoms with Gasteiger partial charge in [-0.15, -0.1) is 0 Å². The molecule has 0 aliphatic heterocycles. The molecule has 3 aromatic rings. The summed E-state index contributed by atoms with van der Waals surface area (Å²) in [4.78, 5) is 13.1. The molecule has 0 saturated carbocycles. The Labute approximate surface area is 188 Å². The van der Waals surface area contributed by atoms with Gasteiger partial charge in [0.2, 0.25) is 5.91 Å². The highest BCUT2D eigenvalue weighted by Crippen LogP contribution is 2.35. The molecule has 0 bridgehead atoms. The summed E-state index contributed by atoms with van der Waals surface area (Å²) in [5, 5.41) is 4.68. The highest BCUT2D eigenvalue weighted by Gasteiger charge is 2.29. The molecule has 0 spiro atoms. The Morgan fingerprint density at radius 2 is 1.53 bits per heavy atom. The first-order valence-electron chi connectivity index (χ1n) is 10.4. The fourth-order valence-corrected chi connectivity index (χ4v) is 4.71. The second-order valence-electron chi connectivity index (χ2n) is 8.03. The van der Waals surface area contributed by atoms with Gasteiger partial charge in [0.1, 0.15) is 0 Å². The molecule has 1 aliphatic carbocycles. The maximum atomic E-state index is 13.1. The Hall–Kier alpha value is -2.29. The van der Waals surface area contributed by atoms with Crippen molar-refractivity contribution in [1.82, 2.24) is 5.32 Å². The predicted octanol–water partition coefficient (Wildman–Crippen LogP) is 6.73. The summed E-state index contributed by atoms with van der Waals surface area (Å²) in [7, 11) is 0. The minimum Gasteiger partial charge on any atom is -0.355 e. The van der Waals surface area contributed by atoms with Crippen LogP contribution in [-0.2, 0) is 11.2 Å². The van der Waals surface area contributed by atoms with E-state index in [1.54, 1.807) is 0 Å². The van der Waals surface area contributed by atoms with Crippen LogP contribution in [-0.4, -0.2) is 12.5 Å². The van der Waals surface area contributed by atoms with Gasteiger partial charge in [0, 0.05) is 22.5 Å². The van der Waals surface area contributed by atoms with Crippen molar-refractivity contribution in [1.29, 1.82) is 0 Å². The number of nitrogens with one attached hydrogen (secondary N) is 1. The van der Waals surface area contributed by atoms with Gasteiger partial charge < -0.3 is 5.32 Å². The van der Waals surface area contributed by atoms with E-state index in [1.807, 2.05) is 36.4 Å². The normalized spacial score (nSPS) is 17.2.